The number of hydrogen-bond acceptors (Lipinski definition) is 5. The molecule has 5 rings (SSSR count). The molecule has 2 aromatic heterocycles. The Bertz CT molecular complexity index is 1350. The van der Waals surface area contributed by atoms with E-state index in [1.807, 2.05) is 37.3 Å². The van der Waals surface area contributed by atoms with Gasteiger partial charge in [-0.2, -0.15) is 5.10 Å². The van der Waals surface area contributed by atoms with Gasteiger partial charge < -0.3 is 4.90 Å². The number of thioether (sulfide) groups is 1. The number of rotatable bonds is 5. The second kappa shape index (κ2) is 8.23. The number of carbonyl (C=O) groups excluding carboxylic acids is 1. The van der Waals surface area contributed by atoms with E-state index in [-0.39, 0.29) is 29.7 Å². The Kier molecular flexibility index (Phi) is 5.26. The molecule has 2 aromatic carbocycles. The van der Waals surface area contributed by atoms with E-state index in [0.29, 0.717) is 34.2 Å². The van der Waals surface area contributed by atoms with Crippen LogP contribution in [0.5, 0.6) is 0 Å². The Balaban J connectivity index is 1.48. The van der Waals surface area contributed by atoms with Gasteiger partial charge in [0.1, 0.15) is 11.2 Å². The van der Waals surface area contributed by atoms with Gasteiger partial charge in [-0.15, -0.1) is 0 Å². The number of benzene rings is 2. The summed E-state index contributed by atoms with van der Waals surface area (Å²) in [7, 11) is 0. The molecule has 0 N–H and O–H groups in total. The largest absolute Gasteiger partial charge is 0.313 e. The second-order valence-corrected chi connectivity index (χ2v) is 8.47. The van der Waals surface area contributed by atoms with Crippen molar-refractivity contribution < 1.29 is 9.18 Å². The maximum absolute atomic E-state index is 13.3. The highest BCUT2D eigenvalue weighted by atomic mass is 32.2. The topological polar surface area (TPSA) is 73.0 Å². The molecule has 1 amide bonds. The molecule has 7 nitrogen and oxygen atoms in total. The van der Waals surface area contributed by atoms with E-state index in [1.165, 1.54) is 34.8 Å². The van der Waals surface area contributed by atoms with Crippen molar-refractivity contribution >= 4 is 34.4 Å². The molecule has 162 valence electrons. The third-order valence-electron chi connectivity index (χ3n) is 5.54. The number of halogens is 1. The van der Waals surface area contributed by atoms with Crippen LogP contribution in [0, 0.1) is 5.82 Å². The molecule has 1 unspecified atom stereocenters. The van der Waals surface area contributed by atoms with E-state index in [1.54, 1.807) is 21.6 Å². The van der Waals surface area contributed by atoms with Gasteiger partial charge in [-0.05, 0) is 43.3 Å². The summed E-state index contributed by atoms with van der Waals surface area (Å²) in [6.45, 7) is 2.48. The lowest BCUT2D eigenvalue weighted by atomic mass is 10.2. The molecule has 9 heteroatoms. The first-order chi connectivity index (χ1) is 15.6. The lowest BCUT2D eigenvalue weighted by molar-refractivity contribution is -0.119. The van der Waals surface area contributed by atoms with E-state index in [0.717, 1.165) is 5.69 Å². The van der Waals surface area contributed by atoms with Gasteiger partial charge in [-0.25, -0.2) is 14.1 Å². The van der Waals surface area contributed by atoms with Gasteiger partial charge in [-0.1, -0.05) is 30.0 Å². The molecule has 0 aliphatic carbocycles. The molecule has 0 saturated carbocycles. The number of aromatic nitrogens is 4. The molecule has 1 aliphatic heterocycles. The Morgan fingerprint density at radius 3 is 2.66 bits per heavy atom. The summed E-state index contributed by atoms with van der Waals surface area (Å²) in [5.74, 6) is 0.210. The Hall–Kier alpha value is -3.46. The third kappa shape index (κ3) is 3.48. The van der Waals surface area contributed by atoms with Crippen LogP contribution in [0.1, 0.15) is 19.4 Å². The van der Waals surface area contributed by atoms with Gasteiger partial charge in [0.15, 0.2) is 10.8 Å². The summed E-state index contributed by atoms with van der Waals surface area (Å²) in [5.41, 5.74) is 1.66. The predicted octanol–water partition coefficient (Wildman–Crippen LogP) is 3.81. The fourth-order valence-electron chi connectivity index (χ4n) is 3.97. The Labute approximate surface area is 187 Å². The first-order valence-electron chi connectivity index (χ1n) is 10.3. The first kappa shape index (κ1) is 20.4. The summed E-state index contributed by atoms with van der Waals surface area (Å²) >= 11 is 1.45. The zero-order valence-electron chi connectivity index (χ0n) is 17.3. The van der Waals surface area contributed by atoms with Crippen LogP contribution in [0.2, 0.25) is 0 Å². The van der Waals surface area contributed by atoms with Gasteiger partial charge in [0, 0.05) is 24.4 Å². The minimum atomic E-state index is -0.348. The summed E-state index contributed by atoms with van der Waals surface area (Å²) in [5, 5.41) is 5.23. The fraction of sp³-hybridized carbons (Fsp3) is 0.217. The highest BCUT2D eigenvalue weighted by Gasteiger charge is 2.31. The van der Waals surface area contributed by atoms with E-state index >= 15 is 0 Å². The van der Waals surface area contributed by atoms with Crippen LogP contribution in [0.3, 0.4) is 0 Å². The lowest BCUT2D eigenvalue weighted by Gasteiger charge is -2.23. The van der Waals surface area contributed by atoms with E-state index in [4.69, 9.17) is 0 Å². The number of anilines is 1. The molecule has 0 radical (unpaired) electrons. The normalized spacial score (nSPS) is 15.1. The molecule has 0 bridgehead atoms. The Morgan fingerprint density at radius 1 is 1.19 bits per heavy atom. The SMILES string of the molecule is CCN(C(=O)CC1CSc2nc3c(cnn3-c3ccc(F)cc3)c(=O)n21)c1ccccc1. The van der Waals surface area contributed by atoms with E-state index in [2.05, 4.69) is 10.1 Å². The minimum absolute atomic E-state index is 0.0360. The monoisotopic (exact) mass is 449 g/mol. The van der Waals surface area contributed by atoms with Crippen molar-refractivity contribution in [2.75, 3.05) is 17.2 Å². The van der Waals surface area contributed by atoms with Gasteiger partial charge in [0.25, 0.3) is 5.56 Å². The van der Waals surface area contributed by atoms with Crippen molar-refractivity contribution in [2.24, 2.45) is 0 Å². The summed E-state index contributed by atoms with van der Waals surface area (Å²) in [6, 6.07) is 15.1. The van der Waals surface area contributed by atoms with Crippen LogP contribution < -0.4 is 10.5 Å². The molecule has 32 heavy (non-hydrogen) atoms. The highest BCUT2D eigenvalue weighted by molar-refractivity contribution is 7.99. The predicted molar refractivity (Wildman–Crippen MR) is 122 cm³/mol. The molecule has 0 saturated heterocycles. The standard InChI is InChI=1S/C23H20FN5O2S/c1-2-27(16-6-4-3-5-7-16)20(30)12-18-14-32-23-26-21-19(22(31)28(18)23)13-25-29(21)17-10-8-15(24)9-11-17/h3-11,13,18H,2,12,14H2,1H3. The van der Waals surface area contributed by atoms with Crippen LogP contribution in [0.25, 0.3) is 16.7 Å². The molecule has 1 atom stereocenters. The second-order valence-electron chi connectivity index (χ2n) is 7.48. The van der Waals surface area contributed by atoms with Crippen molar-refractivity contribution in [3.8, 4) is 5.69 Å². The molecule has 0 fully saturated rings. The highest BCUT2D eigenvalue weighted by Crippen LogP contribution is 2.34. The summed E-state index contributed by atoms with van der Waals surface area (Å²) < 4.78 is 16.4. The van der Waals surface area contributed by atoms with Crippen LogP contribution >= 0.6 is 11.8 Å². The van der Waals surface area contributed by atoms with Crippen molar-refractivity contribution in [1.82, 2.24) is 19.3 Å². The van der Waals surface area contributed by atoms with Crippen LogP contribution in [-0.2, 0) is 4.79 Å². The smallest absolute Gasteiger partial charge is 0.265 e. The number of fused-ring (bicyclic) bond motifs is 2. The molecule has 1 aliphatic rings. The molecule has 3 heterocycles. The van der Waals surface area contributed by atoms with Gasteiger partial charge in [-0.3, -0.25) is 14.2 Å². The maximum Gasteiger partial charge on any atom is 0.265 e. The zero-order chi connectivity index (χ0) is 22.2. The quantitative estimate of drug-likeness (QED) is 0.433. The molecular formula is C23H20FN5O2S. The van der Waals surface area contributed by atoms with Gasteiger partial charge >= 0.3 is 0 Å². The van der Waals surface area contributed by atoms with Crippen LogP contribution in [0.15, 0.2) is 70.7 Å². The molecular weight excluding hydrogens is 429 g/mol. The summed E-state index contributed by atoms with van der Waals surface area (Å²) in [6.07, 6.45) is 1.69. The fourth-order valence-corrected chi connectivity index (χ4v) is 5.11. The molecule has 0 spiro atoms. The Morgan fingerprint density at radius 2 is 1.94 bits per heavy atom. The maximum atomic E-state index is 13.3. The van der Waals surface area contributed by atoms with Crippen LogP contribution in [-0.4, -0.2) is 37.5 Å². The number of nitrogens with zero attached hydrogens (tertiary/aromatic N) is 5. The van der Waals surface area contributed by atoms with Crippen LogP contribution in [0.4, 0.5) is 10.1 Å². The van der Waals surface area contributed by atoms with Crippen molar-refractivity contribution in [3.05, 3.63) is 77.0 Å². The zero-order valence-corrected chi connectivity index (χ0v) is 18.1. The van der Waals surface area contributed by atoms with E-state index in [9.17, 15) is 14.0 Å². The molecule has 4 aromatic rings. The minimum Gasteiger partial charge on any atom is -0.313 e. The number of hydrogen-bond donors (Lipinski definition) is 0. The number of carbonyl (C=O) groups is 1. The van der Waals surface area contributed by atoms with E-state index < -0.39 is 0 Å². The van der Waals surface area contributed by atoms with Crippen molar-refractivity contribution in [1.29, 1.82) is 0 Å². The third-order valence-corrected chi connectivity index (χ3v) is 6.63. The average molecular weight is 450 g/mol. The lowest BCUT2D eigenvalue weighted by Crippen LogP contribution is -2.34. The first-order valence-corrected chi connectivity index (χ1v) is 11.3. The average Bonchev–Trinajstić information content (AvgIpc) is 3.41. The van der Waals surface area contributed by atoms with Crippen molar-refractivity contribution in [2.45, 2.75) is 24.5 Å². The summed E-state index contributed by atoms with van der Waals surface area (Å²) in [4.78, 5) is 32.7. The van der Waals surface area contributed by atoms with Crippen molar-refractivity contribution in [3.63, 3.8) is 0 Å². The van der Waals surface area contributed by atoms with Gasteiger partial charge in [0.2, 0.25) is 5.91 Å². The number of para-hydroxylation sites is 1. The van der Waals surface area contributed by atoms with Gasteiger partial charge in [0.05, 0.1) is 17.9 Å². The number of amides is 1.